The van der Waals surface area contributed by atoms with Gasteiger partial charge in [0.2, 0.25) is 0 Å². The van der Waals surface area contributed by atoms with Crippen molar-refractivity contribution < 1.29 is 29.3 Å². The summed E-state index contributed by atoms with van der Waals surface area (Å²) in [6, 6.07) is 17.0. The van der Waals surface area contributed by atoms with Gasteiger partial charge in [0.05, 0.1) is 4.88 Å². The van der Waals surface area contributed by atoms with Crippen LogP contribution in [-0.4, -0.2) is 66.4 Å². The van der Waals surface area contributed by atoms with Crippen LogP contribution in [-0.2, 0) is 4.79 Å². The number of benzene rings is 2. The third-order valence-electron chi connectivity index (χ3n) is 6.38. The van der Waals surface area contributed by atoms with E-state index in [1.54, 1.807) is 11.9 Å². The van der Waals surface area contributed by atoms with E-state index < -0.39 is 18.5 Å². The Morgan fingerprint density at radius 1 is 1.11 bits per heavy atom. The molecule has 3 N–H and O–H groups in total. The number of urea groups is 1. The molecule has 0 saturated carbocycles. The Morgan fingerprint density at radius 3 is 2.47 bits per heavy atom. The van der Waals surface area contributed by atoms with Crippen molar-refractivity contribution in [3.05, 3.63) is 64.5 Å². The number of aliphatic carboxylic acids is 1. The Labute approximate surface area is 229 Å². The van der Waals surface area contributed by atoms with Gasteiger partial charge in [0.15, 0.2) is 17.2 Å². The minimum Gasteiger partial charge on any atom is -0.479 e. The number of likely N-dealkylation sites (tertiary alicyclic amines) is 1. The van der Waals surface area contributed by atoms with E-state index in [1.165, 1.54) is 0 Å². The maximum Gasteiger partial charge on any atom is 0.349 e. The SMILES string of the molecule is CN(C(=O)N1CCC(CNc2cccc(-c3sc(C(=O)O)c(OCC(=O)O)c3Cl)c2)CC1)c1ccccc1. The average Bonchev–Trinajstić information content (AvgIpc) is 3.27. The predicted molar refractivity (Wildman–Crippen MR) is 148 cm³/mol. The second-order valence-corrected chi connectivity index (χ2v) is 10.4. The van der Waals surface area contributed by atoms with E-state index in [9.17, 15) is 19.5 Å². The molecular weight excluding hydrogens is 530 g/mol. The number of rotatable bonds is 9. The molecule has 4 rings (SSSR count). The van der Waals surface area contributed by atoms with Gasteiger partial charge in [0, 0.05) is 38.1 Å². The van der Waals surface area contributed by atoms with E-state index in [2.05, 4.69) is 5.32 Å². The van der Waals surface area contributed by atoms with Gasteiger partial charge in [-0.2, -0.15) is 0 Å². The van der Waals surface area contributed by atoms with Crippen molar-refractivity contribution in [2.45, 2.75) is 12.8 Å². The maximum atomic E-state index is 12.9. The van der Waals surface area contributed by atoms with Crippen LogP contribution < -0.4 is 15.0 Å². The molecule has 2 heterocycles. The molecule has 0 unspecified atom stereocenters. The molecule has 0 radical (unpaired) electrons. The van der Waals surface area contributed by atoms with Crippen LogP contribution >= 0.6 is 22.9 Å². The number of piperidine rings is 1. The fourth-order valence-electron chi connectivity index (χ4n) is 4.32. The minimum absolute atomic E-state index is 0.00410. The molecular formula is C27H28ClN3O6S. The number of thiophene rings is 1. The maximum absolute atomic E-state index is 12.9. The lowest BCUT2D eigenvalue weighted by atomic mass is 9.97. The zero-order chi connectivity index (χ0) is 27.2. The van der Waals surface area contributed by atoms with Crippen LogP contribution in [0.1, 0.15) is 22.5 Å². The van der Waals surface area contributed by atoms with Gasteiger partial charge in [0.25, 0.3) is 0 Å². The lowest BCUT2D eigenvalue weighted by Gasteiger charge is -2.34. The number of amides is 2. The van der Waals surface area contributed by atoms with Gasteiger partial charge in [-0.15, -0.1) is 11.3 Å². The van der Waals surface area contributed by atoms with E-state index in [0.29, 0.717) is 29.4 Å². The molecule has 1 fully saturated rings. The highest BCUT2D eigenvalue weighted by atomic mass is 35.5. The number of carbonyl (C=O) groups is 3. The topological polar surface area (TPSA) is 119 Å². The summed E-state index contributed by atoms with van der Waals surface area (Å²) in [5.41, 5.74) is 2.41. The van der Waals surface area contributed by atoms with Gasteiger partial charge in [-0.05, 0) is 48.6 Å². The first-order chi connectivity index (χ1) is 18.2. The summed E-state index contributed by atoms with van der Waals surface area (Å²) in [6.45, 7) is 1.41. The molecule has 0 atom stereocenters. The van der Waals surface area contributed by atoms with E-state index in [-0.39, 0.29) is 21.7 Å². The van der Waals surface area contributed by atoms with Crippen LogP contribution in [0.4, 0.5) is 16.2 Å². The summed E-state index contributed by atoms with van der Waals surface area (Å²) < 4.78 is 5.17. The zero-order valence-electron chi connectivity index (χ0n) is 20.7. The molecule has 1 aliphatic rings. The van der Waals surface area contributed by atoms with Crippen LogP contribution in [0.25, 0.3) is 10.4 Å². The summed E-state index contributed by atoms with van der Waals surface area (Å²) in [4.78, 5) is 39.3. The summed E-state index contributed by atoms with van der Waals surface area (Å²) in [6.07, 6.45) is 1.76. The van der Waals surface area contributed by atoms with E-state index in [0.717, 1.165) is 42.1 Å². The highest BCUT2D eigenvalue weighted by molar-refractivity contribution is 7.18. The van der Waals surface area contributed by atoms with Gasteiger partial charge >= 0.3 is 18.0 Å². The Kier molecular flexibility index (Phi) is 8.75. The van der Waals surface area contributed by atoms with Gasteiger partial charge in [-0.1, -0.05) is 41.9 Å². The monoisotopic (exact) mass is 557 g/mol. The van der Waals surface area contributed by atoms with Crippen molar-refractivity contribution in [1.82, 2.24) is 4.90 Å². The first-order valence-corrected chi connectivity index (χ1v) is 13.3. The highest BCUT2D eigenvalue weighted by Crippen LogP contribution is 2.45. The van der Waals surface area contributed by atoms with Crippen molar-refractivity contribution in [2.75, 3.05) is 43.5 Å². The van der Waals surface area contributed by atoms with Crippen molar-refractivity contribution in [1.29, 1.82) is 0 Å². The van der Waals surface area contributed by atoms with Crippen molar-refractivity contribution in [2.24, 2.45) is 5.92 Å². The molecule has 0 bridgehead atoms. The number of halogens is 1. The molecule has 3 aromatic rings. The Bertz CT molecular complexity index is 1310. The molecule has 200 valence electrons. The van der Waals surface area contributed by atoms with Crippen LogP contribution in [0.2, 0.25) is 5.02 Å². The average molecular weight is 558 g/mol. The molecule has 0 aliphatic carbocycles. The van der Waals surface area contributed by atoms with Crippen LogP contribution in [0.5, 0.6) is 5.75 Å². The molecule has 1 aromatic heterocycles. The number of aromatic carboxylic acids is 1. The number of para-hydroxylation sites is 1. The second kappa shape index (κ2) is 12.2. The van der Waals surface area contributed by atoms with Crippen molar-refractivity contribution in [3.8, 4) is 16.2 Å². The van der Waals surface area contributed by atoms with Crippen LogP contribution in [0, 0.1) is 5.92 Å². The summed E-state index contributed by atoms with van der Waals surface area (Å²) >= 11 is 7.36. The molecule has 11 heteroatoms. The van der Waals surface area contributed by atoms with E-state index >= 15 is 0 Å². The summed E-state index contributed by atoms with van der Waals surface area (Å²) in [5.74, 6) is -2.21. The number of hydrogen-bond acceptors (Lipinski definition) is 6. The number of hydrogen-bond donors (Lipinski definition) is 3. The quantitative estimate of drug-likeness (QED) is 0.313. The Morgan fingerprint density at radius 2 is 1.82 bits per heavy atom. The Hall–Kier alpha value is -3.76. The number of anilines is 2. The molecule has 1 saturated heterocycles. The van der Waals surface area contributed by atoms with Crippen molar-refractivity contribution in [3.63, 3.8) is 0 Å². The number of carboxylic acids is 2. The molecule has 9 nitrogen and oxygen atoms in total. The first-order valence-electron chi connectivity index (χ1n) is 12.1. The van der Waals surface area contributed by atoms with Gasteiger partial charge in [-0.25, -0.2) is 14.4 Å². The normalized spacial score (nSPS) is 13.7. The molecule has 38 heavy (non-hydrogen) atoms. The lowest BCUT2D eigenvalue weighted by molar-refractivity contribution is -0.139. The number of nitrogens with one attached hydrogen (secondary N) is 1. The predicted octanol–water partition coefficient (Wildman–Crippen LogP) is 5.61. The second-order valence-electron chi connectivity index (χ2n) is 8.96. The first kappa shape index (κ1) is 27.3. The van der Waals surface area contributed by atoms with E-state index in [4.69, 9.17) is 21.4 Å². The molecule has 1 aliphatic heterocycles. The highest BCUT2D eigenvalue weighted by Gasteiger charge is 2.26. The van der Waals surface area contributed by atoms with Crippen molar-refractivity contribution >= 4 is 52.3 Å². The van der Waals surface area contributed by atoms with Crippen LogP contribution in [0.3, 0.4) is 0 Å². The fraction of sp³-hybridized carbons (Fsp3) is 0.296. The number of ether oxygens (including phenoxy) is 1. The van der Waals surface area contributed by atoms with Gasteiger partial charge in [0.1, 0.15) is 5.02 Å². The largest absolute Gasteiger partial charge is 0.479 e. The lowest BCUT2D eigenvalue weighted by Crippen LogP contribution is -2.46. The third-order valence-corrected chi connectivity index (χ3v) is 8.06. The van der Waals surface area contributed by atoms with Gasteiger partial charge < -0.3 is 25.2 Å². The van der Waals surface area contributed by atoms with E-state index in [1.807, 2.05) is 59.5 Å². The number of carbonyl (C=O) groups excluding carboxylic acids is 1. The Balaban J connectivity index is 1.36. The number of carboxylic acid groups (broad SMARTS) is 2. The van der Waals surface area contributed by atoms with Crippen LogP contribution in [0.15, 0.2) is 54.6 Å². The summed E-state index contributed by atoms with van der Waals surface area (Å²) in [7, 11) is 1.79. The standard InChI is InChI=1S/C27H28ClN3O6S/c1-30(20-8-3-2-4-9-20)27(36)31-12-10-17(11-13-31)15-29-19-7-5-6-18(14-19)24-22(28)23(37-16-21(32)33)25(38-24)26(34)35/h2-9,14,17,29H,10-13,15-16H2,1H3,(H,32,33)(H,34,35). The zero-order valence-corrected chi connectivity index (χ0v) is 22.3. The third kappa shape index (κ3) is 6.38. The summed E-state index contributed by atoms with van der Waals surface area (Å²) in [5, 5.41) is 21.9. The minimum atomic E-state index is -1.24. The smallest absolute Gasteiger partial charge is 0.349 e. The molecule has 2 aromatic carbocycles. The molecule has 2 amide bonds. The fourth-order valence-corrected chi connectivity index (χ4v) is 5.72. The number of nitrogens with zero attached hydrogens (tertiary/aromatic N) is 2. The molecule has 0 spiro atoms. The van der Waals surface area contributed by atoms with Gasteiger partial charge in [-0.3, -0.25) is 4.90 Å².